The largest absolute Gasteiger partial charge is 0.350 e. The first-order valence-electron chi connectivity index (χ1n) is 7.11. The van der Waals surface area contributed by atoms with Crippen LogP contribution in [0.15, 0.2) is 67.0 Å². The van der Waals surface area contributed by atoms with Crippen molar-refractivity contribution in [2.45, 2.75) is 6.54 Å². The summed E-state index contributed by atoms with van der Waals surface area (Å²) in [7, 11) is 0. The molecule has 3 rings (SSSR count). The van der Waals surface area contributed by atoms with Gasteiger partial charge in [0, 0.05) is 24.5 Å². The third-order valence-corrected chi connectivity index (χ3v) is 3.23. The fraction of sp³-hybridized carbons (Fsp3) is 0.118. The number of nitrogens with zero attached hydrogens (tertiary/aromatic N) is 3. The van der Waals surface area contributed by atoms with E-state index >= 15 is 0 Å². The van der Waals surface area contributed by atoms with Gasteiger partial charge in [0.25, 0.3) is 5.91 Å². The number of rotatable bonds is 5. The summed E-state index contributed by atoms with van der Waals surface area (Å²) in [4.78, 5) is 16.2. The molecule has 0 atom stereocenters. The van der Waals surface area contributed by atoms with Crippen molar-refractivity contribution in [3.05, 3.63) is 72.6 Å². The molecule has 3 aromatic rings. The van der Waals surface area contributed by atoms with E-state index in [1.54, 1.807) is 23.0 Å². The molecule has 0 aliphatic heterocycles. The molecule has 0 spiro atoms. The minimum Gasteiger partial charge on any atom is -0.350 e. The van der Waals surface area contributed by atoms with E-state index in [2.05, 4.69) is 15.4 Å². The van der Waals surface area contributed by atoms with E-state index in [4.69, 9.17) is 0 Å². The lowest BCUT2D eigenvalue weighted by molar-refractivity contribution is 0.0952. The topological polar surface area (TPSA) is 59.8 Å². The Balaban J connectivity index is 1.55. The van der Waals surface area contributed by atoms with Crippen LogP contribution >= 0.6 is 0 Å². The lowest BCUT2D eigenvalue weighted by atomic mass is 10.2. The normalized spacial score (nSPS) is 10.4. The molecular weight excluding hydrogens is 276 g/mol. The van der Waals surface area contributed by atoms with E-state index in [1.165, 1.54) is 0 Å². The first-order chi connectivity index (χ1) is 10.8. The summed E-state index contributed by atoms with van der Waals surface area (Å²) in [5, 5.41) is 7.33. The summed E-state index contributed by atoms with van der Waals surface area (Å²) in [6.45, 7) is 1.14. The van der Waals surface area contributed by atoms with Gasteiger partial charge in [0.15, 0.2) is 0 Å². The lowest BCUT2D eigenvalue weighted by Crippen LogP contribution is -2.27. The van der Waals surface area contributed by atoms with Crippen LogP contribution in [0.3, 0.4) is 0 Å². The van der Waals surface area contributed by atoms with Crippen LogP contribution in [-0.2, 0) is 6.54 Å². The van der Waals surface area contributed by atoms with Crippen LogP contribution in [0.4, 0.5) is 0 Å². The van der Waals surface area contributed by atoms with E-state index in [0.717, 1.165) is 11.4 Å². The maximum Gasteiger partial charge on any atom is 0.251 e. The van der Waals surface area contributed by atoms with Crippen molar-refractivity contribution in [3.8, 4) is 11.4 Å². The van der Waals surface area contributed by atoms with Gasteiger partial charge in [-0.25, -0.2) is 0 Å². The third kappa shape index (κ3) is 3.38. The molecule has 0 radical (unpaired) electrons. The smallest absolute Gasteiger partial charge is 0.251 e. The molecule has 2 aromatic heterocycles. The molecule has 0 aliphatic carbocycles. The van der Waals surface area contributed by atoms with Crippen molar-refractivity contribution < 1.29 is 4.79 Å². The molecule has 1 aromatic carbocycles. The van der Waals surface area contributed by atoms with Crippen LogP contribution in [0.2, 0.25) is 0 Å². The fourth-order valence-electron chi connectivity index (χ4n) is 2.11. The molecule has 1 N–H and O–H groups in total. The Morgan fingerprint density at radius 2 is 1.82 bits per heavy atom. The molecule has 110 valence electrons. The van der Waals surface area contributed by atoms with Crippen LogP contribution in [0.1, 0.15) is 10.4 Å². The molecule has 1 amide bonds. The molecule has 5 nitrogen and oxygen atoms in total. The van der Waals surface area contributed by atoms with Gasteiger partial charge in [-0.2, -0.15) is 5.10 Å². The molecule has 5 heteroatoms. The number of aromatic nitrogens is 3. The van der Waals surface area contributed by atoms with Gasteiger partial charge in [0.1, 0.15) is 5.69 Å². The summed E-state index contributed by atoms with van der Waals surface area (Å²) in [5.74, 6) is -0.0716. The van der Waals surface area contributed by atoms with Gasteiger partial charge in [-0.05, 0) is 30.3 Å². The average molecular weight is 292 g/mol. The average Bonchev–Trinajstić information content (AvgIpc) is 3.05. The molecule has 0 fully saturated rings. The lowest BCUT2D eigenvalue weighted by Gasteiger charge is -2.05. The highest BCUT2D eigenvalue weighted by Crippen LogP contribution is 2.12. The zero-order chi connectivity index (χ0) is 15.2. The zero-order valence-electron chi connectivity index (χ0n) is 12.0. The van der Waals surface area contributed by atoms with Crippen molar-refractivity contribution in [2.24, 2.45) is 0 Å². The SMILES string of the molecule is O=C(NCCn1ccc(-c2ccccn2)n1)c1ccccc1. The second-order valence-electron chi connectivity index (χ2n) is 4.80. The Morgan fingerprint density at radius 1 is 1.00 bits per heavy atom. The van der Waals surface area contributed by atoms with Gasteiger partial charge in [-0.1, -0.05) is 24.3 Å². The highest BCUT2D eigenvalue weighted by atomic mass is 16.1. The van der Waals surface area contributed by atoms with Crippen molar-refractivity contribution in [1.29, 1.82) is 0 Å². The maximum atomic E-state index is 11.9. The van der Waals surface area contributed by atoms with Crippen molar-refractivity contribution in [2.75, 3.05) is 6.54 Å². The number of hydrogen-bond donors (Lipinski definition) is 1. The van der Waals surface area contributed by atoms with E-state index in [1.807, 2.05) is 48.7 Å². The predicted molar refractivity (Wildman–Crippen MR) is 84.2 cm³/mol. The number of carbonyl (C=O) groups excluding carboxylic acids is 1. The molecule has 2 heterocycles. The van der Waals surface area contributed by atoms with Crippen LogP contribution in [0.25, 0.3) is 11.4 Å². The quantitative estimate of drug-likeness (QED) is 0.785. The van der Waals surface area contributed by atoms with Crippen LogP contribution < -0.4 is 5.32 Å². The predicted octanol–water partition coefficient (Wildman–Crippen LogP) is 2.38. The van der Waals surface area contributed by atoms with E-state index in [9.17, 15) is 4.79 Å². The molecule has 22 heavy (non-hydrogen) atoms. The molecule has 0 unspecified atom stereocenters. The Hall–Kier alpha value is -2.95. The number of amides is 1. The van der Waals surface area contributed by atoms with E-state index < -0.39 is 0 Å². The monoisotopic (exact) mass is 292 g/mol. The number of pyridine rings is 1. The first kappa shape index (κ1) is 14.0. The number of nitrogens with one attached hydrogen (secondary N) is 1. The molecule has 0 saturated heterocycles. The van der Waals surface area contributed by atoms with Gasteiger partial charge < -0.3 is 5.32 Å². The van der Waals surface area contributed by atoms with Gasteiger partial charge in [-0.3, -0.25) is 14.5 Å². The van der Waals surface area contributed by atoms with Gasteiger partial charge in [0.2, 0.25) is 0 Å². The molecule has 0 saturated carbocycles. The summed E-state index contributed by atoms with van der Waals surface area (Å²) < 4.78 is 1.80. The summed E-state index contributed by atoms with van der Waals surface area (Å²) >= 11 is 0. The Kier molecular flexibility index (Phi) is 4.25. The summed E-state index contributed by atoms with van der Waals surface area (Å²) in [6.07, 6.45) is 3.63. The molecule has 0 aliphatic rings. The second kappa shape index (κ2) is 6.67. The Morgan fingerprint density at radius 3 is 2.59 bits per heavy atom. The standard InChI is InChI=1S/C17H16N4O/c22-17(14-6-2-1-3-7-14)19-11-13-21-12-9-16(20-21)15-8-4-5-10-18-15/h1-10,12H,11,13H2,(H,19,22). The van der Waals surface area contributed by atoms with E-state index in [-0.39, 0.29) is 5.91 Å². The van der Waals surface area contributed by atoms with Gasteiger partial charge in [-0.15, -0.1) is 0 Å². The van der Waals surface area contributed by atoms with E-state index in [0.29, 0.717) is 18.7 Å². The minimum atomic E-state index is -0.0716. The van der Waals surface area contributed by atoms with Crippen LogP contribution in [0.5, 0.6) is 0 Å². The first-order valence-corrected chi connectivity index (χ1v) is 7.11. The van der Waals surface area contributed by atoms with Crippen molar-refractivity contribution in [3.63, 3.8) is 0 Å². The molecular formula is C17H16N4O. The fourth-order valence-corrected chi connectivity index (χ4v) is 2.11. The van der Waals surface area contributed by atoms with Crippen LogP contribution in [-0.4, -0.2) is 27.2 Å². The van der Waals surface area contributed by atoms with Crippen molar-refractivity contribution >= 4 is 5.91 Å². The Bertz CT molecular complexity index is 738. The highest BCUT2D eigenvalue weighted by Gasteiger charge is 2.05. The summed E-state index contributed by atoms with van der Waals surface area (Å²) in [5.41, 5.74) is 2.33. The van der Waals surface area contributed by atoms with Gasteiger partial charge >= 0.3 is 0 Å². The van der Waals surface area contributed by atoms with Crippen LogP contribution in [0, 0.1) is 0 Å². The van der Waals surface area contributed by atoms with Crippen molar-refractivity contribution in [1.82, 2.24) is 20.1 Å². The molecule has 0 bridgehead atoms. The minimum absolute atomic E-state index is 0.0716. The second-order valence-corrected chi connectivity index (χ2v) is 4.80. The zero-order valence-corrected chi connectivity index (χ0v) is 12.0. The number of carbonyl (C=O) groups is 1. The number of benzene rings is 1. The maximum absolute atomic E-state index is 11.9. The third-order valence-electron chi connectivity index (χ3n) is 3.23. The number of hydrogen-bond acceptors (Lipinski definition) is 3. The highest BCUT2D eigenvalue weighted by molar-refractivity contribution is 5.94. The van der Waals surface area contributed by atoms with Gasteiger partial charge in [0.05, 0.1) is 12.2 Å². The summed E-state index contributed by atoms with van der Waals surface area (Å²) in [6, 6.07) is 16.8. The Labute approximate surface area is 128 Å².